The van der Waals surface area contributed by atoms with Crippen LogP contribution in [0.5, 0.6) is 0 Å². The Labute approximate surface area is 130 Å². The van der Waals surface area contributed by atoms with Gasteiger partial charge in [-0.2, -0.15) is 0 Å². The normalized spacial score (nSPS) is 28.6. The Morgan fingerprint density at radius 3 is 2.42 bits per heavy atom. The van der Waals surface area contributed by atoms with Gasteiger partial charge in [0.1, 0.15) is 0 Å². The molecule has 0 bridgehead atoms. The first-order valence-electron chi connectivity index (χ1n) is 7.32. The monoisotopic (exact) mass is 343 g/mol. The van der Waals surface area contributed by atoms with Gasteiger partial charge in [0.15, 0.2) is 0 Å². The van der Waals surface area contributed by atoms with E-state index in [0.717, 1.165) is 11.2 Å². The van der Waals surface area contributed by atoms with Gasteiger partial charge < -0.3 is 0 Å². The zero-order chi connectivity index (χ0) is 14.1. The van der Waals surface area contributed by atoms with Crippen LogP contribution in [-0.2, 0) is 6.42 Å². The van der Waals surface area contributed by atoms with Gasteiger partial charge in [0.2, 0.25) is 0 Å². The number of aryl methyl sites for hydroxylation is 1. The van der Waals surface area contributed by atoms with Crippen molar-refractivity contribution >= 4 is 27.3 Å². The van der Waals surface area contributed by atoms with E-state index in [0.29, 0.717) is 10.8 Å². The molecule has 0 N–H and O–H groups in total. The molecular formula is C16H26BrNS. The first-order chi connectivity index (χ1) is 8.85. The van der Waals surface area contributed by atoms with Crippen molar-refractivity contribution in [2.75, 3.05) is 5.33 Å². The minimum absolute atomic E-state index is 0.472. The van der Waals surface area contributed by atoms with E-state index in [2.05, 4.69) is 54.8 Å². The highest BCUT2D eigenvalue weighted by atomic mass is 79.9. The molecule has 0 unspecified atom stereocenters. The van der Waals surface area contributed by atoms with E-state index in [1.165, 1.54) is 42.0 Å². The van der Waals surface area contributed by atoms with Crippen LogP contribution in [0.4, 0.5) is 0 Å². The number of hydrogen-bond acceptors (Lipinski definition) is 2. The Balaban J connectivity index is 2.02. The van der Waals surface area contributed by atoms with Gasteiger partial charge in [0, 0.05) is 16.4 Å². The number of aromatic nitrogens is 1. The maximum Gasteiger partial charge on any atom is 0.0896 e. The Morgan fingerprint density at radius 2 is 2.00 bits per heavy atom. The molecule has 3 heteroatoms. The molecule has 1 aromatic heterocycles. The van der Waals surface area contributed by atoms with E-state index in [4.69, 9.17) is 0 Å². The predicted molar refractivity (Wildman–Crippen MR) is 88.2 cm³/mol. The van der Waals surface area contributed by atoms with E-state index >= 15 is 0 Å². The fraction of sp³-hybridized carbons (Fsp3) is 0.812. The second kappa shape index (κ2) is 5.85. The lowest BCUT2D eigenvalue weighted by Gasteiger charge is -2.43. The minimum atomic E-state index is 0.472. The Kier molecular flexibility index (Phi) is 4.77. The maximum atomic E-state index is 4.40. The average molecular weight is 344 g/mol. The van der Waals surface area contributed by atoms with Crippen LogP contribution in [-0.4, -0.2) is 10.3 Å². The molecule has 1 heterocycles. The third-order valence-corrected chi connectivity index (χ3v) is 6.88. The highest BCUT2D eigenvalue weighted by molar-refractivity contribution is 9.09. The molecular weight excluding hydrogens is 318 g/mol. The lowest BCUT2D eigenvalue weighted by molar-refractivity contribution is 0.104. The molecule has 2 rings (SSSR count). The first kappa shape index (κ1) is 15.5. The Morgan fingerprint density at radius 1 is 1.37 bits per heavy atom. The van der Waals surface area contributed by atoms with Crippen LogP contribution in [0.1, 0.15) is 56.3 Å². The molecule has 0 atom stereocenters. The van der Waals surface area contributed by atoms with E-state index in [1.54, 1.807) is 0 Å². The van der Waals surface area contributed by atoms with Gasteiger partial charge in [-0.15, -0.1) is 11.3 Å². The molecule has 1 aliphatic rings. The summed E-state index contributed by atoms with van der Waals surface area (Å²) >= 11 is 5.66. The van der Waals surface area contributed by atoms with E-state index in [-0.39, 0.29) is 0 Å². The molecule has 0 saturated heterocycles. The number of thiazole rings is 1. The molecule has 1 saturated carbocycles. The predicted octanol–water partition coefficient (Wildman–Crippen LogP) is 5.61. The molecule has 19 heavy (non-hydrogen) atoms. The quantitative estimate of drug-likeness (QED) is 0.649. The number of alkyl halides is 1. The van der Waals surface area contributed by atoms with Crippen molar-refractivity contribution in [3.05, 3.63) is 16.1 Å². The molecule has 1 fully saturated rings. The Hall–Kier alpha value is 0.110. The zero-order valence-corrected chi connectivity index (χ0v) is 15.0. The SMILES string of the molecule is Cc1ncc(CC2(CBr)CCC(C(C)(C)C)CC2)s1. The standard InChI is InChI=1S/C16H26BrNS/c1-12-18-10-14(19-12)9-16(11-17)7-5-13(6-8-16)15(2,3)4/h10,13H,5-9,11H2,1-4H3. The van der Waals surface area contributed by atoms with Gasteiger partial charge in [0.05, 0.1) is 5.01 Å². The molecule has 1 aliphatic carbocycles. The fourth-order valence-corrected chi connectivity index (χ4v) is 5.04. The lowest BCUT2D eigenvalue weighted by atomic mass is 9.64. The van der Waals surface area contributed by atoms with Crippen LogP contribution in [0.3, 0.4) is 0 Å². The van der Waals surface area contributed by atoms with Crippen LogP contribution >= 0.6 is 27.3 Å². The average Bonchev–Trinajstić information content (AvgIpc) is 2.74. The van der Waals surface area contributed by atoms with Crippen molar-refractivity contribution in [2.45, 2.75) is 59.8 Å². The van der Waals surface area contributed by atoms with E-state index in [9.17, 15) is 0 Å². The Bertz CT molecular complexity index is 411. The maximum absolute atomic E-state index is 4.40. The van der Waals surface area contributed by atoms with Crippen LogP contribution in [0.25, 0.3) is 0 Å². The van der Waals surface area contributed by atoms with Crippen molar-refractivity contribution < 1.29 is 0 Å². The molecule has 0 radical (unpaired) electrons. The molecule has 0 spiro atoms. The number of halogens is 1. The summed E-state index contributed by atoms with van der Waals surface area (Å²) in [6.45, 7) is 9.29. The minimum Gasteiger partial charge on any atom is -0.250 e. The molecule has 0 aliphatic heterocycles. The van der Waals surface area contributed by atoms with Gasteiger partial charge in [-0.1, -0.05) is 36.7 Å². The van der Waals surface area contributed by atoms with E-state index < -0.39 is 0 Å². The smallest absolute Gasteiger partial charge is 0.0896 e. The third kappa shape index (κ3) is 3.81. The molecule has 0 aromatic carbocycles. The number of rotatable bonds is 3. The van der Waals surface area contributed by atoms with Crippen molar-refractivity contribution in [1.82, 2.24) is 4.98 Å². The highest BCUT2D eigenvalue weighted by Crippen LogP contribution is 2.48. The van der Waals surface area contributed by atoms with Crippen LogP contribution in [0.2, 0.25) is 0 Å². The molecule has 0 amide bonds. The van der Waals surface area contributed by atoms with Gasteiger partial charge in [-0.25, -0.2) is 4.98 Å². The van der Waals surface area contributed by atoms with Gasteiger partial charge >= 0.3 is 0 Å². The molecule has 1 nitrogen and oxygen atoms in total. The summed E-state index contributed by atoms with van der Waals surface area (Å²) in [5.41, 5.74) is 0.945. The summed E-state index contributed by atoms with van der Waals surface area (Å²) < 4.78 is 0. The van der Waals surface area contributed by atoms with Gasteiger partial charge in [-0.05, 0) is 55.8 Å². The lowest BCUT2D eigenvalue weighted by Crippen LogP contribution is -2.35. The summed E-state index contributed by atoms with van der Waals surface area (Å²) in [6, 6.07) is 0. The fourth-order valence-electron chi connectivity index (χ4n) is 3.31. The second-order valence-corrected chi connectivity index (χ2v) is 9.18. The largest absolute Gasteiger partial charge is 0.250 e. The summed E-state index contributed by atoms with van der Waals surface area (Å²) in [4.78, 5) is 5.87. The van der Waals surface area contributed by atoms with Crippen LogP contribution in [0, 0.1) is 23.7 Å². The summed E-state index contributed by atoms with van der Waals surface area (Å²) in [5.74, 6) is 0.892. The second-order valence-electron chi connectivity index (χ2n) is 7.30. The topological polar surface area (TPSA) is 12.9 Å². The first-order valence-corrected chi connectivity index (χ1v) is 9.26. The van der Waals surface area contributed by atoms with Crippen LogP contribution in [0.15, 0.2) is 6.20 Å². The molecule has 108 valence electrons. The summed E-state index contributed by atoms with van der Waals surface area (Å²) in [6.07, 6.45) is 8.77. The van der Waals surface area contributed by atoms with Crippen molar-refractivity contribution in [2.24, 2.45) is 16.7 Å². The van der Waals surface area contributed by atoms with Gasteiger partial charge in [-0.3, -0.25) is 0 Å². The zero-order valence-electron chi connectivity index (χ0n) is 12.6. The third-order valence-electron chi connectivity index (χ3n) is 4.77. The van der Waals surface area contributed by atoms with Crippen molar-refractivity contribution in [3.8, 4) is 0 Å². The number of nitrogens with zero attached hydrogens (tertiary/aromatic N) is 1. The van der Waals surface area contributed by atoms with E-state index in [1.807, 2.05) is 11.3 Å². The van der Waals surface area contributed by atoms with Crippen LogP contribution < -0.4 is 0 Å². The van der Waals surface area contributed by atoms with Crippen molar-refractivity contribution in [1.29, 1.82) is 0 Å². The summed E-state index contributed by atoms with van der Waals surface area (Å²) in [5, 5.41) is 2.33. The molecule has 1 aromatic rings. The summed E-state index contributed by atoms with van der Waals surface area (Å²) in [7, 11) is 0. The number of hydrogen-bond donors (Lipinski definition) is 0. The highest BCUT2D eigenvalue weighted by Gasteiger charge is 2.38. The van der Waals surface area contributed by atoms with Gasteiger partial charge in [0.25, 0.3) is 0 Å². The van der Waals surface area contributed by atoms with Crippen molar-refractivity contribution in [3.63, 3.8) is 0 Å².